The molecule has 0 spiro atoms. The molecular weight excluding hydrogens is 394 g/mol. The van der Waals surface area contributed by atoms with Crippen molar-refractivity contribution in [1.29, 1.82) is 0 Å². The highest BCUT2D eigenvalue weighted by Crippen LogP contribution is 2.32. The van der Waals surface area contributed by atoms with E-state index in [1.165, 1.54) is 11.3 Å². The van der Waals surface area contributed by atoms with E-state index in [1.54, 1.807) is 4.90 Å². The molecule has 0 aliphatic rings. The van der Waals surface area contributed by atoms with Crippen LogP contribution in [0.4, 0.5) is 5.13 Å². The fraction of sp³-hybridized carbons (Fsp3) is 0.333. The molecule has 0 aliphatic carbocycles. The highest BCUT2D eigenvalue weighted by molar-refractivity contribution is 7.22. The fourth-order valence-electron chi connectivity index (χ4n) is 2.87. The van der Waals surface area contributed by atoms with Crippen LogP contribution in [-0.4, -0.2) is 48.6 Å². The highest BCUT2D eigenvalue weighted by Gasteiger charge is 2.21. The number of carbonyl (C=O) groups excluding carboxylic acids is 1. The highest BCUT2D eigenvalue weighted by atomic mass is 35.5. The van der Waals surface area contributed by atoms with Gasteiger partial charge in [-0.3, -0.25) is 9.69 Å². The number of hydrogen-bond acceptors (Lipinski definition) is 5. The number of amides is 1. The number of anilines is 1. The first-order valence-electron chi connectivity index (χ1n) is 9.38. The topological polar surface area (TPSA) is 45.7 Å². The molecule has 0 saturated heterocycles. The summed E-state index contributed by atoms with van der Waals surface area (Å²) in [4.78, 5) is 21.6. The van der Waals surface area contributed by atoms with Crippen molar-refractivity contribution in [3.63, 3.8) is 0 Å². The lowest BCUT2D eigenvalue weighted by Gasteiger charge is -2.24. The van der Waals surface area contributed by atoms with Crippen molar-refractivity contribution in [1.82, 2.24) is 9.88 Å². The Balaban J connectivity index is 1.80. The van der Waals surface area contributed by atoms with Crippen molar-refractivity contribution in [3.05, 3.63) is 53.6 Å². The second-order valence-electron chi connectivity index (χ2n) is 6.26. The lowest BCUT2D eigenvalue weighted by molar-refractivity contribution is -0.120. The van der Waals surface area contributed by atoms with Crippen LogP contribution in [-0.2, 0) is 4.79 Å². The van der Waals surface area contributed by atoms with Crippen LogP contribution < -0.4 is 9.64 Å². The average molecular weight is 418 g/mol. The smallest absolute Gasteiger partial charge is 0.266 e. The third kappa shape index (κ3) is 5.01. The lowest BCUT2D eigenvalue weighted by atomic mass is 10.3. The zero-order valence-corrected chi connectivity index (χ0v) is 17.7. The van der Waals surface area contributed by atoms with Gasteiger partial charge >= 0.3 is 0 Å². The van der Waals surface area contributed by atoms with E-state index in [0.717, 1.165) is 29.9 Å². The van der Waals surface area contributed by atoms with Gasteiger partial charge in [-0.1, -0.05) is 61.1 Å². The van der Waals surface area contributed by atoms with Crippen LogP contribution in [0.15, 0.2) is 48.5 Å². The zero-order chi connectivity index (χ0) is 19.9. The Hall–Kier alpha value is -2.15. The van der Waals surface area contributed by atoms with E-state index >= 15 is 0 Å². The number of nitrogens with zero attached hydrogens (tertiary/aromatic N) is 3. The largest absolute Gasteiger partial charge is 0.484 e. The predicted octanol–water partition coefficient (Wildman–Crippen LogP) is 4.70. The summed E-state index contributed by atoms with van der Waals surface area (Å²) in [5.41, 5.74) is 0.730. The van der Waals surface area contributed by atoms with Crippen LogP contribution in [0.25, 0.3) is 10.2 Å². The minimum absolute atomic E-state index is 0.0358. The number of rotatable bonds is 9. The van der Waals surface area contributed by atoms with Crippen molar-refractivity contribution < 1.29 is 9.53 Å². The van der Waals surface area contributed by atoms with Gasteiger partial charge in [0.15, 0.2) is 11.7 Å². The first-order chi connectivity index (χ1) is 13.6. The van der Waals surface area contributed by atoms with Gasteiger partial charge in [-0.15, -0.1) is 0 Å². The van der Waals surface area contributed by atoms with Crippen LogP contribution in [0.5, 0.6) is 5.75 Å². The molecule has 28 heavy (non-hydrogen) atoms. The molecule has 0 bridgehead atoms. The van der Waals surface area contributed by atoms with Gasteiger partial charge in [-0.05, 0) is 37.4 Å². The maximum atomic E-state index is 13.0. The Morgan fingerprint density at radius 1 is 1.07 bits per heavy atom. The second-order valence-corrected chi connectivity index (χ2v) is 7.67. The van der Waals surface area contributed by atoms with Gasteiger partial charge in [0.25, 0.3) is 5.91 Å². The normalized spacial score (nSPS) is 11.1. The third-order valence-electron chi connectivity index (χ3n) is 4.53. The number of hydrogen-bond donors (Lipinski definition) is 0. The Morgan fingerprint density at radius 2 is 1.82 bits per heavy atom. The summed E-state index contributed by atoms with van der Waals surface area (Å²) in [7, 11) is 0. The summed E-state index contributed by atoms with van der Waals surface area (Å²) in [6.45, 7) is 7.39. The number of thiazole rings is 1. The van der Waals surface area contributed by atoms with Crippen LogP contribution >= 0.6 is 22.9 Å². The molecule has 0 radical (unpaired) electrons. The first kappa shape index (κ1) is 20.6. The van der Waals surface area contributed by atoms with Crippen LogP contribution in [0.1, 0.15) is 13.8 Å². The molecule has 0 atom stereocenters. The third-order valence-corrected chi connectivity index (χ3v) is 5.88. The molecule has 0 unspecified atom stereocenters. The van der Waals surface area contributed by atoms with Crippen molar-refractivity contribution >= 4 is 44.2 Å². The number of aromatic nitrogens is 1. The van der Waals surface area contributed by atoms with E-state index in [1.807, 2.05) is 48.5 Å². The van der Waals surface area contributed by atoms with Crippen LogP contribution in [0, 0.1) is 0 Å². The van der Waals surface area contributed by atoms with Gasteiger partial charge in [0.05, 0.1) is 9.72 Å². The Bertz CT molecular complexity index is 912. The summed E-state index contributed by atoms with van der Waals surface area (Å²) in [5, 5.41) is 1.24. The molecule has 0 saturated carbocycles. The van der Waals surface area contributed by atoms with Crippen molar-refractivity contribution in [2.75, 3.05) is 37.7 Å². The molecule has 1 amide bonds. The monoisotopic (exact) mass is 417 g/mol. The van der Waals surface area contributed by atoms with E-state index < -0.39 is 0 Å². The maximum absolute atomic E-state index is 13.0. The number of fused-ring (bicyclic) bond motifs is 1. The minimum Gasteiger partial charge on any atom is -0.484 e. The molecular formula is C21H24ClN3O2S. The predicted molar refractivity (Wildman–Crippen MR) is 117 cm³/mol. The van der Waals surface area contributed by atoms with Gasteiger partial charge in [0.2, 0.25) is 0 Å². The molecule has 1 aromatic heterocycles. The number of carbonyl (C=O) groups is 1. The standard InChI is InChI=1S/C21H24ClN3O2S/c1-3-24(4-2)13-14-25(19(26)15-27-16-9-6-5-7-10-16)21-23-20-17(22)11-8-12-18(20)28-21/h5-12H,3-4,13-15H2,1-2H3. The SMILES string of the molecule is CCN(CC)CCN(C(=O)COc1ccccc1)c1nc2c(Cl)cccc2s1. The molecule has 3 aromatic rings. The molecule has 0 fully saturated rings. The summed E-state index contributed by atoms with van der Waals surface area (Å²) in [6, 6.07) is 15.0. The number of benzene rings is 2. The number of likely N-dealkylation sites (N-methyl/N-ethyl adjacent to an activating group) is 1. The summed E-state index contributed by atoms with van der Waals surface area (Å²) in [5.74, 6) is 0.554. The van der Waals surface area contributed by atoms with Crippen molar-refractivity contribution in [2.45, 2.75) is 13.8 Å². The van der Waals surface area contributed by atoms with Crippen molar-refractivity contribution in [3.8, 4) is 5.75 Å². The summed E-state index contributed by atoms with van der Waals surface area (Å²) >= 11 is 7.75. The van der Waals surface area contributed by atoms with E-state index in [4.69, 9.17) is 16.3 Å². The zero-order valence-electron chi connectivity index (χ0n) is 16.1. The Labute approximate surface area is 174 Å². The van der Waals surface area contributed by atoms with Crippen LogP contribution in [0.2, 0.25) is 5.02 Å². The summed E-state index contributed by atoms with van der Waals surface area (Å²) < 4.78 is 6.64. The molecule has 1 heterocycles. The summed E-state index contributed by atoms with van der Waals surface area (Å²) in [6.07, 6.45) is 0. The lowest BCUT2D eigenvalue weighted by Crippen LogP contribution is -2.41. The number of para-hydroxylation sites is 2. The van der Waals surface area contributed by atoms with Gasteiger partial charge in [0.1, 0.15) is 11.3 Å². The maximum Gasteiger partial charge on any atom is 0.266 e. The first-order valence-corrected chi connectivity index (χ1v) is 10.6. The van der Waals surface area contributed by atoms with Gasteiger partial charge in [-0.25, -0.2) is 4.98 Å². The van der Waals surface area contributed by atoms with Gasteiger partial charge < -0.3 is 9.64 Å². The fourth-order valence-corrected chi connectivity index (χ4v) is 4.18. The molecule has 3 rings (SSSR count). The van der Waals surface area contributed by atoms with Gasteiger partial charge in [0, 0.05) is 13.1 Å². The Morgan fingerprint density at radius 3 is 2.50 bits per heavy atom. The number of ether oxygens (including phenoxy) is 1. The van der Waals surface area contributed by atoms with E-state index in [-0.39, 0.29) is 12.5 Å². The average Bonchev–Trinajstić information content (AvgIpc) is 3.15. The molecule has 2 aromatic carbocycles. The Kier molecular flexibility index (Phi) is 7.25. The number of halogens is 1. The molecule has 0 N–H and O–H groups in total. The minimum atomic E-state index is -0.119. The quantitative estimate of drug-likeness (QED) is 0.506. The van der Waals surface area contributed by atoms with E-state index in [9.17, 15) is 4.79 Å². The molecule has 5 nitrogen and oxygen atoms in total. The van der Waals surface area contributed by atoms with E-state index in [0.29, 0.717) is 22.4 Å². The van der Waals surface area contributed by atoms with Crippen LogP contribution in [0.3, 0.4) is 0 Å². The molecule has 0 aliphatic heterocycles. The molecule has 148 valence electrons. The van der Waals surface area contributed by atoms with Gasteiger partial charge in [-0.2, -0.15) is 0 Å². The molecule has 7 heteroatoms. The second kappa shape index (κ2) is 9.87. The van der Waals surface area contributed by atoms with Crippen molar-refractivity contribution in [2.24, 2.45) is 0 Å². The van der Waals surface area contributed by atoms with E-state index in [2.05, 4.69) is 23.7 Å².